The first-order chi connectivity index (χ1) is 9.08. The predicted molar refractivity (Wildman–Crippen MR) is 75.8 cm³/mol. The lowest BCUT2D eigenvalue weighted by Gasteiger charge is -2.25. The van der Waals surface area contributed by atoms with E-state index in [0.29, 0.717) is 17.4 Å². The average Bonchev–Trinajstić information content (AvgIpc) is 2.83. The highest BCUT2D eigenvalue weighted by Crippen LogP contribution is 2.16. The molecule has 0 unspecified atom stereocenters. The maximum absolute atomic E-state index is 12.4. The van der Waals surface area contributed by atoms with E-state index >= 15 is 0 Å². The van der Waals surface area contributed by atoms with Crippen LogP contribution in [0.3, 0.4) is 0 Å². The summed E-state index contributed by atoms with van der Waals surface area (Å²) in [6, 6.07) is 5.73. The molecule has 2 N–H and O–H groups in total. The third-order valence-corrected chi connectivity index (χ3v) is 3.36. The van der Waals surface area contributed by atoms with Crippen molar-refractivity contribution in [2.45, 2.75) is 26.4 Å². The summed E-state index contributed by atoms with van der Waals surface area (Å²) in [6.07, 6.45) is 1.72. The number of anilines is 1. The Balaban J connectivity index is 2.19. The number of carbonyl (C=O) groups excluding carboxylic acids is 1. The normalized spacial score (nSPS) is 10.7. The number of rotatable bonds is 4. The van der Waals surface area contributed by atoms with Gasteiger partial charge in [-0.05, 0) is 26.0 Å². The van der Waals surface area contributed by atoms with Gasteiger partial charge in [0, 0.05) is 17.6 Å². The highest BCUT2D eigenvalue weighted by Gasteiger charge is 2.21. The van der Waals surface area contributed by atoms with Crippen molar-refractivity contribution in [1.82, 2.24) is 14.9 Å². The minimum absolute atomic E-state index is 0.0671. The minimum atomic E-state index is -0.117. The van der Waals surface area contributed by atoms with Crippen LogP contribution in [0.25, 0.3) is 0 Å². The number of nitrogens with two attached hydrogens (primary N) is 1. The molecule has 0 aliphatic carbocycles. The van der Waals surface area contributed by atoms with Gasteiger partial charge in [-0.1, -0.05) is 6.07 Å². The Morgan fingerprint density at radius 3 is 2.79 bits per heavy atom. The number of aromatic nitrogens is 2. The summed E-state index contributed by atoms with van der Waals surface area (Å²) in [4.78, 5) is 22.4. The molecule has 0 atom stereocenters. The molecule has 5 nitrogen and oxygen atoms in total. The maximum Gasteiger partial charge on any atom is 0.273 e. The SMILES string of the molecule is CC(C)N(Cc1ccccn1)C(=O)c1csc(N)n1. The zero-order chi connectivity index (χ0) is 13.8. The second kappa shape index (κ2) is 5.79. The van der Waals surface area contributed by atoms with Gasteiger partial charge in [0.05, 0.1) is 12.2 Å². The third-order valence-electron chi connectivity index (χ3n) is 2.68. The third kappa shape index (κ3) is 3.29. The molecule has 6 heteroatoms. The molecule has 0 aliphatic rings. The zero-order valence-corrected chi connectivity index (χ0v) is 11.7. The van der Waals surface area contributed by atoms with Crippen molar-refractivity contribution in [1.29, 1.82) is 0 Å². The fraction of sp³-hybridized carbons (Fsp3) is 0.308. The number of amides is 1. The Bertz CT molecular complexity index is 553. The van der Waals surface area contributed by atoms with Gasteiger partial charge < -0.3 is 10.6 Å². The zero-order valence-electron chi connectivity index (χ0n) is 10.9. The van der Waals surface area contributed by atoms with E-state index in [0.717, 1.165) is 5.69 Å². The van der Waals surface area contributed by atoms with Crippen LogP contribution in [0.15, 0.2) is 29.8 Å². The molecule has 2 heterocycles. The first kappa shape index (κ1) is 13.5. The molecular weight excluding hydrogens is 260 g/mol. The van der Waals surface area contributed by atoms with E-state index in [-0.39, 0.29) is 11.9 Å². The molecule has 1 amide bonds. The van der Waals surface area contributed by atoms with Gasteiger partial charge in [-0.15, -0.1) is 11.3 Å². The molecule has 0 aliphatic heterocycles. The number of hydrogen-bond acceptors (Lipinski definition) is 5. The van der Waals surface area contributed by atoms with Crippen LogP contribution in [0, 0.1) is 0 Å². The lowest BCUT2D eigenvalue weighted by molar-refractivity contribution is 0.0682. The van der Waals surface area contributed by atoms with Crippen molar-refractivity contribution in [3.8, 4) is 0 Å². The Kier molecular flexibility index (Phi) is 4.11. The van der Waals surface area contributed by atoms with Crippen LogP contribution in [-0.4, -0.2) is 26.8 Å². The molecule has 19 heavy (non-hydrogen) atoms. The summed E-state index contributed by atoms with van der Waals surface area (Å²) >= 11 is 1.27. The van der Waals surface area contributed by atoms with Crippen LogP contribution >= 0.6 is 11.3 Å². The van der Waals surface area contributed by atoms with Crippen molar-refractivity contribution < 1.29 is 4.79 Å². The molecule has 0 saturated carbocycles. The summed E-state index contributed by atoms with van der Waals surface area (Å²) < 4.78 is 0. The van der Waals surface area contributed by atoms with Gasteiger partial charge in [-0.25, -0.2) is 4.98 Å². The van der Waals surface area contributed by atoms with Crippen LogP contribution in [0.2, 0.25) is 0 Å². The number of nitrogen functional groups attached to an aromatic ring is 1. The minimum Gasteiger partial charge on any atom is -0.375 e. The van der Waals surface area contributed by atoms with Crippen molar-refractivity contribution in [3.63, 3.8) is 0 Å². The molecule has 0 bridgehead atoms. The van der Waals surface area contributed by atoms with Crippen LogP contribution in [0.4, 0.5) is 5.13 Å². The smallest absolute Gasteiger partial charge is 0.273 e. The van der Waals surface area contributed by atoms with Gasteiger partial charge >= 0.3 is 0 Å². The average molecular weight is 276 g/mol. The number of nitrogens with zero attached hydrogens (tertiary/aromatic N) is 3. The van der Waals surface area contributed by atoms with Gasteiger partial charge in [-0.3, -0.25) is 9.78 Å². The standard InChI is InChI=1S/C13H16N4OS/c1-9(2)17(7-10-5-3-4-6-15-10)12(18)11-8-19-13(14)16-11/h3-6,8-9H,7H2,1-2H3,(H2,14,16). The van der Waals surface area contributed by atoms with Gasteiger partial charge in [0.1, 0.15) is 5.69 Å². The maximum atomic E-state index is 12.4. The Morgan fingerprint density at radius 1 is 1.47 bits per heavy atom. The second-order valence-corrected chi connectivity index (χ2v) is 5.31. The van der Waals surface area contributed by atoms with E-state index < -0.39 is 0 Å². The molecule has 2 aromatic heterocycles. The molecule has 2 rings (SSSR count). The molecule has 0 radical (unpaired) electrons. The lowest BCUT2D eigenvalue weighted by Crippen LogP contribution is -2.36. The highest BCUT2D eigenvalue weighted by atomic mass is 32.1. The van der Waals surface area contributed by atoms with Crippen LogP contribution in [0.5, 0.6) is 0 Å². The van der Waals surface area contributed by atoms with E-state index in [4.69, 9.17) is 5.73 Å². The quantitative estimate of drug-likeness (QED) is 0.929. The molecular formula is C13H16N4OS. The fourth-order valence-electron chi connectivity index (χ4n) is 1.69. The van der Waals surface area contributed by atoms with E-state index in [1.54, 1.807) is 16.5 Å². The topological polar surface area (TPSA) is 72.1 Å². The van der Waals surface area contributed by atoms with Crippen LogP contribution < -0.4 is 5.73 Å². The van der Waals surface area contributed by atoms with Gasteiger partial charge in [0.15, 0.2) is 5.13 Å². The second-order valence-electron chi connectivity index (χ2n) is 4.42. The summed E-state index contributed by atoms with van der Waals surface area (Å²) in [5, 5.41) is 2.09. The molecule has 100 valence electrons. The van der Waals surface area contributed by atoms with Crippen LogP contribution in [-0.2, 0) is 6.54 Å². The Morgan fingerprint density at radius 2 is 2.26 bits per heavy atom. The fourth-order valence-corrected chi connectivity index (χ4v) is 2.22. The largest absolute Gasteiger partial charge is 0.375 e. The molecule has 0 fully saturated rings. The number of thiazole rings is 1. The van der Waals surface area contributed by atoms with Crippen molar-refractivity contribution in [2.75, 3.05) is 5.73 Å². The Labute approximate surface area is 116 Å². The van der Waals surface area contributed by atoms with E-state index in [2.05, 4.69) is 9.97 Å². The summed E-state index contributed by atoms with van der Waals surface area (Å²) in [6.45, 7) is 4.40. The number of carbonyl (C=O) groups is 1. The summed E-state index contributed by atoms with van der Waals surface area (Å²) in [7, 11) is 0. The summed E-state index contributed by atoms with van der Waals surface area (Å²) in [5.74, 6) is -0.117. The first-order valence-corrected chi connectivity index (χ1v) is 6.87. The predicted octanol–water partition coefficient (Wildman–Crippen LogP) is 2.17. The number of hydrogen-bond donors (Lipinski definition) is 1. The highest BCUT2D eigenvalue weighted by molar-refractivity contribution is 7.13. The first-order valence-electron chi connectivity index (χ1n) is 6.00. The Hall–Kier alpha value is -1.95. The van der Waals surface area contributed by atoms with E-state index in [9.17, 15) is 4.79 Å². The molecule has 0 aromatic carbocycles. The molecule has 0 saturated heterocycles. The summed E-state index contributed by atoms with van der Waals surface area (Å²) in [5.41, 5.74) is 6.82. The van der Waals surface area contributed by atoms with Gasteiger partial charge in [0.25, 0.3) is 5.91 Å². The monoisotopic (exact) mass is 276 g/mol. The van der Waals surface area contributed by atoms with Crippen molar-refractivity contribution >= 4 is 22.4 Å². The van der Waals surface area contributed by atoms with Crippen molar-refractivity contribution in [2.24, 2.45) is 0 Å². The van der Waals surface area contributed by atoms with Crippen LogP contribution in [0.1, 0.15) is 30.0 Å². The van der Waals surface area contributed by atoms with E-state index in [1.807, 2.05) is 32.0 Å². The molecule has 2 aromatic rings. The molecule has 0 spiro atoms. The lowest BCUT2D eigenvalue weighted by atomic mass is 10.2. The number of pyridine rings is 1. The van der Waals surface area contributed by atoms with Gasteiger partial charge in [-0.2, -0.15) is 0 Å². The van der Waals surface area contributed by atoms with Crippen molar-refractivity contribution in [3.05, 3.63) is 41.2 Å². The van der Waals surface area contributed by atoms with Gasteiger partial charge in [0.2, 0.25) is 0 Å². The van der Waals surface area contributed by atoms with E-state index in [1.165, 1.54) is 11.3 Å².